The van der Waals surface area contributed by atoms with Crippen LogP contribution >= 0.6 is 0 Å². The molecule has 0 unspecified atom stereocenters. The molecule has 5 heteroatoms. The quantitative estimate of drug-likeness (QED) is 0.912. The zero-order valence-corrected chi connectivity index (χ0v) is 11.8. The highest BCUT2D eigenvalue weighted by molar-refractivity contribution is 5.96. The van der Waals surface area contributed by atoms with E-state index >= 15 is 0 Å². The zero-order chi connectivity index (χ0) is 15.4. The minimum atomic E-state index is -1.07. The van der Waals surface area contributed by atoms with E-state index in [1.54, 1.807) is 35.2 Å². The molecule has 21 heavy (non-hydrogen) atoms. The molecule has 0 radical (unpaired) electrons. The second-order valence-corrected chi connectivity index (χ2v) is 4.38. The van der Waals surface area contributed by atoms with Gasteiger partial charge in [-0.3, -0.25) is 0 Å². The molecule has 0 heterocycles. The summed E-state index contributed by atoms with van der Waals surface area (Å²) >= 11 is 0. The molecule has 0 amide bonds. The maximum Gasteiger partial charge on any atom is 0.337 e. The smallest absolute Gasteiger partial charge is 0.337 e. The lowest BCUT2D eigenvalue weighted by Gasteiger charge is -2.25. The number of rotatable bonds is 5. The highest BCUT2D eigenvalue weighted by Crippen LogP contribution is 2.33. The third-order valence-electron chi connectivity index (χ3n) is 3.19. The van der Waals surface area contributed by atoms with Crippen molar-refractivity contribution in [2.75, 3.05) is 18.6 Å². The molecule has 4 nitrogen and oxygen atoms in total. The van der Waals surface area contributed by atoms with Gasteiger partial charge >= 0.3 is 5.97 Å². The first-order valence-corrected chi connectivity index (χ1v) is 6.52. The number of methoxy groups -OCH3 is 1. The van der Waals surface area contributed by atoms with Gasteiger partial charge in [0.25, 0.3) is 0 Å². The molecule has 2 aromatic carbocycles. The topological polar surface area (TPSA) is 49.8 Å². The van der Waals surface area contributed by atoms with E-state index in [4.69, 9.17) is 4.74 Å². The second kappa shape index (κ2) is 6.26. The number of hydrogen-bond donors (Lipinski definition) is 1. The number of carboxylic acid groups (broad SMARTS) is 1. The summed E-state index contributed by atoms with van der Waals surface area (Å²) in [5, 5.41) is 9.33. The van der Waals surface area contributed by atoms with E-state index in [1.807, 2.05) is 6.92 Å². The standard InChI is InChI=1S/C16H16FNO3/c1-3-18(14-7-5-4-6-13(14)17)15-10-11(21-2)8-9-12(15)16(19)20/h4-10H,3H2,1-2H3,(H,19,20). The number of nitrogens with zero attached hydrogens (tertiary/aromatic N) is 1. The Kier molecular flexibility index (Phi) is 4.42. The van der Waals surface area contributed by atoms with Crippen LogP contribution in [0.3, 0.4) is 0 Å². The first-order valence-electron chi connectivity index (χ1n) is 6.52. The van der Waals surface area contributed by atoms with Gasteiger partial charge in [0.15, 0.2) is 0 Å². The summed E-state index contributed by atoms with van der Waals surface area (Å²) in [5.41, 5.74) is 0.825. The van der Waals surface area contributed by atoms with E-state index in [1.165, 1.54) is 19.2 Å². The molecule has 0 spiro atoms. The summed E-state index contributed by atoms with van der Waals surface area (Å²) in [4.78, 5) is 13.0. The number of carboxylic acids is 1. The number of ether oxygens (including phenoxy) is 1. The third-order valence-corrected chi connectivity index (χ3v) is 3.19. The predicted octanol–water partition coefficient (Wildman–Crippen LogP) is 3.69. The van der Waals surface area contributed by atoms with E-state index in [0.29, 0.717) is 23.7 Å². The highest BCUT2D eigenvalue weighted by atomic mass is 19.1. The number of anilines is 2. The molecular weight excluding hydrogens is 273 g/mol. The molecule has 0 aromatic heterocycles. The Balaban J connectivity index is 2.61. The van der Waals surface area contributed by atoms with Crippen molar-refractivity contribution in [2.45, 2.75) is 6.92 Å². The Morgan fingerprint density at radius 1 is 1.24 bits per heavy atom. The summed E-state index contributed by atoms with van der Waals surface area (Å²) in [7, 11) is 1.50. The number of para-hydroxylation sites is 1. The molecule has 110 valence electrons. The van der Waals surface area contributed by atoms with Crippen molar-refractivity contribution >= 4 is 17.3 Å². The van der Waals surface area contributed by atoms with Crippen molar-refractivity contribution < 1.29 is 19.0 Å². The van der Waals surface area contributed by atoms with Crippen molar-refractivity contribution in [3.63, 3.8) is 0 Å². The number of benzene rings is 2. The Morgan fingerprint density at radius 2 is 1.95 bits per heavy atom. The summed E-state index contributed by atoms with van der Waals surface area (Å²) in [6.07, 6.45) is 0. The number of hydrogen-bond acceptors (Lipinski definition) is 3. The Morgan fingerprint density at radius 3 is 2.52 bits per heavy atom. The summed E-state index contributed by atoms with van der Waals surface area (Å²) < 4.78 is 19.1. The van der Waals surface area contributed by atoms with Crippen molar-refractivity contribution in [3.05, 3.63) is 53.8 Å². The average molecular weight is 289 g/mol. The number of carbonyl (C=O) groups is 1. The van der Waals surface area contributed by atoms with Gasteiger partial charge < -0.3 is 14.7 Å². The van der Waals surface area contributed by atoms with Crippen LogP contribution in [0.4, 0.5) is 15.8 Å². The van der Waals surface area contributed by atoms with Gasteiger partial charge in [-0.15, -0.1) is 0 Å². The van der Waals surface area contributed by atoms with Crippen LogP contribution in [0.2, 0.25) is 0 Å². The average Bonchev–Trinajstić information content (AvgIpc) is 2.49. The first-order chi connectivity index (χ1) is 10.1. The molecule has 0 aliphatic carbocycles. The minimum Gasteiger partial charge on any atom is -0.497 e. The van der Waals surface area contributed by atoms with Crippen LogP contribution in [0, 0.1) is 5.82 Å². The lowest BCUT2D eigenvalue weighted by molar-refractivity contribution is 0.0697. The normalized spacial score (nSPS) is 10.2. The fourth-order valence-corrected chi connectivity index (χ4v) is 2.18. The maximum atomic E-state index is 14.0. The molecule has 0 bridgehead atoms. The van der Waals surface area contributed by atoms with E-state index in [0.717, 1.165) is 0 Å². The van der Waals surface area contributed by atoms with Gasteiger partial charge in [-0.05, 0) is 31.2 Å². The Labute approximate surface area is 122 Å². The molecule has 0 aliphatic heterocycles. The first kappa shape index (κ1) is 14.8. The monoisotopic (exact) mass is 289 g/mol. The molecule has 2 rings (SSSR count). The van der Waals surface area contributed by atoms with Crippen LogP contribution < -0.4 is 9.64 Å². The molecule has 0 aliphatic rings. The lowest BCUT2D eigenvalue weighted by atomic mass is 10.1. The zero-order valence-electron chi connectivity index (χ0n) is 11.8. The molecule has 1 N–H and O–H groups in total. The fourth-order valence-electron chi connectivity index (χ4n) is 2.18. The Bertz CT molecular complexity index is 658. The summed E-state index contributed by atoms with van der Waals surface area (Å²) in [5.74, 6) is -0.953. The lowest BCUT2D eigenvalue weighted by Crippen LogP contribution is -2.20. The molecular formula is C16H16FNO3. The summed E-state index contributed by atoms with van der Waals surface area (Å²) in [6, 6.07) is 10.9. The van der Waals surface area contributed by atoms with Crippen LogP contribution in [0.5, 0.6) is 5.75 Å². The van der Waals surface area contributed by atoms with Gasteiger partial charge in [0.2, 0.25) is 0 Å². The van der Waals surface area contributed by atoms with Crippen molar-refractivity contribution in [3.8, 4) is 5.75 Å². The van der Waals surface area contributed by atoms with Crippen LogP contribution in [0.15, 0.2) is 42.5 Å². The Hall–Kier alpha value is -2.56. The number of halogens is 1. The van der Waals surface area contributed by atoms with Crippen LogP contribution in [0.1, 0.15) is 17.3 Å². The van der Waals surface area contributed by atoms with Gasteiger partial charge in [0.05, 0.1) is 24.0 Å². The van der Waals surface area contributed by atoms with Gasteiger partial charge in [-0.25, -0.2) is 9.18 Å². The third kappa shape index (κ3) is 2.97. The second-order valence-electron chi connectivity index (χ2n) is 4.38. The van der Waals surface area contributed by atoms with Gasteiger partial charge in [0.1, 0.15) is 11.6 Å². The van der Waals surface area contributed by atoms with Crippen molar-refractivity contribution in [1.29, 1.82) is 0 Å². The van der Waals surface area contributed by atoms with Crippen LogP contribution in [-0.4, -0.2) is 24.7 Å². The SMILES string of the molecule is CCN(c1ccccc1F)c1cc(OC)ccc1C(=O)O. The molecule has 0 atom stereocenters. The number of aromatic carboxylic acids is 1. The highest BCUT2D eigenvalue weighted by Gasteiger charge is 2.19. The van der Waals surface area contributed by atoms with Gasteiger partial charge in [0, 0.05) is 12.6 Å². The minimum absolute atomic E-state index is 0.0981. The van der Waals surface area contributed by atoms with Gasteiger partial charge in [-0.2, -0.15) is 0 Å². The molecule has 2 aromatic rings. The summed E-state index contributed by atoms with van der Waals surface area (Å²) in [6.45, 7) is 2.26. The maximum absolute atomic E-state index is 14.0. The van der Waals surface area contributed by atoms with Crippen LogP contribution in [-0.2, 0) is 0 Å². The van der Waals surface area contributed by atoms with Crippen molar-refractivity contribution in [2.24, 2.45) is 0 Å². The predicted molar refractivity (Wildman–Crippen MR) is 79.0 cm³/mol. The molecule has 0 saturated carbocycles. The van der Waals surface area contributed by atoms with Crippen LogP contribution in [0.25, 0.3) is 0 Å². The van der Waals surface area contributed by atoms with E-state index in [2.05, 4.69) is 0 Å². The van der Waals surface area contributed by atoms with Gasteiger partial charge in [-0.1, -0.05) is 12.1 Å². The molecule has 0 fully saturated rings. The molecule has 0 saturated heterocycles. The van der Waals surface area contributed by atoms with E-state index < -0.39 is 11.8 Å². The van der Waals surface area contributed by atoms with E-state index in [9.17, 15) is 14.3 Å². The van der Waals surface area contributed by atoms with Crippen molar-refractivity contribution in [1.82, 2.24) is 0 Å². The van der Waals surface area contributed by atoms with E-state index in [-0.39, 0.29) is 5.56 Å². The fraction of sp³-hybridized carbons (Fsp3) is 0.188. The largest absolute Gasteiger partial charge is 0.497 e.